The molecule has 2 rings (SSSR count). The van der Waals surface area contributed by atoms with Crippen LogP contribution in [0.5, 0.6) is 0 Å². The van der Waals surface area contributed by atoms with E-state index in [-0.39, 0.29) is 6.54 Å². The van der Waals surface area contributed by atoms with Crippen LogP contribution in [0.4, 0.5) is 10.5 Å². The van der Waals surface area contributed by atoms with Gasteiger partial charge in [0.05, 0.1) is 5.92 Å². The normalized spacial score (nSPS) is 11.9. The van der Waals surface area contributed by atoms with Crippen molar-refractivity contribution in [3.05, 3.63) is 40.9 Å². The number of rotatable bonds is 4. The lowest BCUT2D eigenvalue weighted by Gasteiger charge is -2.10. The van der Waals surface area contributed by atoms with E-state index in [1.54, 1.807) is 6.07 Å². The van der Waals surface area contributed by atoms with Crippen molar-refractivity contribution in [1.29, 1.82) is 0 Å². The molecule has 6 heteroatoms. The van der Waals surface area contributed by atoms with Crippen LogP contribution in [-0.4, -0.2) is 23.7 Å². The number of anilines is 1. The maximum absolute atomic E-state index is 11.7. The van der Waals surface area contributed by atoms with Crippen LogP contribution in [0.15, 0.2) is 40.9 Å². The van der Waals surface area contributed by atoms with Crippen molar-refractivity contribution in [1.82, 2.24) is 5.32 Å². The van der Waals surface area contributed by atoms with Crippen LogP contribution >= 0.6 is 15.9 Å². The Kier molecular flexibility index (Phi) is 4.80. The first-order valence-corrected chi connectivity index (χ1v) is 7.22. The summed E-state index contributed by atoms with van der Waals surface area (Å²) in [6.07, 6.45) is 0. The molecule has 2 aromatic rings. The molecule has 2 aromatic carbocycles. The average Bonchev–Trinajstić information content (AvgIpc) is 2.44. The quantitative estimate of drug-likeness (QED) is 0.790. The first kappa shape index (κ1) is 15.3. The molecule has 0 radical (unpaired) electrons. The largest absolute Gasteiger partial charge is 0.481 e. The summed E-state index contributed by atoms with van der Waals surface area (Å²) in [6.45, 7) is 1.62. The summed E-state index contributed by atoms with van der Waals surface area (Å²) in [4.78, 5) is 22.4. The van der Waals surface area contributed by atoms with Crippen molar-refractivity contribution in [2.75, 3.05) is 11.9 Å². The summed E-state index contributed by atoms with van der Waals surface area (Å²) in [7, 11) is 0. The fourth-order valence-electron chi connectivity index (χ4n) is 1.80. The monoisotopic (exact) mass is 350 g/mol. The predicted molar refractivity (Wildman–Crippen MR) is 85.5 cm³/mol. The Labute approximate surface area is 130 Å². The van der Waals surface area contributed by atoms with Gasteiger partial charge in [-0.25, -0.2) is 4.79 Å². The van der Waals surface area contributed by atoms with E-state index in [9.17, 15) is 9.59 Å². The van der Waals surface area contributed by atoms with Gasteiger partial charge in [-0.3, -0.25) is 4.79 Å². The van der Waals surface area contributed by atoms with Gasteiger partial charge in [0.15, 0.2) is 0 Å². The minimum atomic E-state index is -0.938. The number of amides is 2. The standard InChI is InChI=1S/C15H15BrN2O3/c1-9(14(19)20)8-17-15(21)18-13-5-3-10-6-12(16)4-2-11(10)7-13/h2-7,9H,8H2,1H3,(H,19,20)(H2,17,18,21). The van der Waals surface area contributed by atoms with Crippen molar-refractivity contribution in [3.63, 3.8) is 0 Å². The van der Waals surface area contributed by atoms with Crippen molar-refractivity contribution in [2.24, 2.45) is 5.92 Å². The molecular weight excluding hydrogens is 336 g/mol. The minimum Gasteiger partial charge on any atom is -0.481 e. The molecule has 110 valence electrons. The van der Waals surface area contributed by atoms with Gasteiger partial charge < -0.3 is 15.7 Å². The summed E-state index contributed by atoms with van der Waals surface area (Å²) in [5.41, 5.74) is 0.658. The van der Waals surface area contributed by atoms with E-state index >= 15 is 0 Å². The number of aliphatic carboxylic acids is 1. The summed E-state index contributed by atoms with van der Waals surface area (Å²) in [5, 5.41) is 16.0. The van der Waals surface area contributed by atoms with Crippen LogP contribution in [0, 0.1) is 5.92 Å². The Bertz CT molecular complexity index is 688. The summed E-state index contributed by atoms with van der Waals surface area (Å²) in [6, 6.07) is 11.0. The number of hydrogen-bond donors (Lipinski definition) is 3. The Morgan fingerprint density at radius 1 is 1.19 bits per heavy atom. The maximum atomic E-state index is 11.7. The number of halogens is 1. The minimum absolute atomic E-state index is 0.0850. The molecule has 0 heterocycles. The molecule has 0 fully saturated rings. The van der Waals surface area contributed by atoms with Gasteiger partial charge in [-0.15, -0.1) is 0 Å². The van der Waals surface area contributed by atoms with Crippen LogP contribution in [-0.2, 0) is 4.79 Å². The second-order valence-corrected chi connectivity index (χ2v) is 5.70. The molecule has 0 aliphatic carbocycles. The third kappa shape index (κ3) is 4.19. The Hall–Kier alpha value is -2.08. The molecule has 0 bridgehead atoms. The van der Waals surface area contributed by atoms with Crippen LogP contribution in [0.3, 0.4) is 0 Å². The lowest BCUT2D eigenvalue weighted by Crippen LogP contribution is -2.34. The number of benzene rings is 2. The molecule has 1 atom stereocenters. The number of urea groups is 1. The maximum Gasteiger partial charge on any atom is 0.319 e. The van der Waals surface area contributed by atoms with E-state index in [1.807, 2.05) is 30.3 Å². The zero-order chi connectivity index (χ0) is 15.4. The third-order valence-electron chi connectivity index (χ3n) is 3.05. The van der Waals surface area contributed by atoms with Crippen LogP contribution in [0.1, 0.15) is 6.92 Å². The highest BCUT2D eigenvalue weighted by Crippen LogP contribution is 2.22. The third-order valence-corrected chi connectivity index (χ3v) is 3.54. The topological polar surface area (TPSA) is 78.4 Å². The predicted octanol–water partition coefficient (Wildman–Crippen LogP) is 3.44. The fraction of sp³-hybridized carbons (Fsp3) is 0.200. The Morgan fingerprint density at radius 3 is 2.57 bits per heavy atom. The number of carboxylic acid groups (broad SMARTS) is 1. The number of carboxylic acids is 1. The summed E-state index contributed by atoms with van der Waals surface area (Å²) in [5.74, 6) is -1.56. The van der Waals surface area contributed by atoms with Crippen molar-refractivity contribution >= 4 is 44.4 Å². The van der Waals surface area contributed by atoms with Gasteiger partial charge in [-0.2, -0.15) is 0 Å². The van der Waals surface area contributed by atoms with Gasteiger partial charge in [0.2, 0.25) is 0 Å². The molecule has 0 aliphatic rings. The SMILES string of the molecule is CC(CNC(=O)Nc1ccc2cc(Br)ccc2c1)C(=O)O. The van der Waals surface area contributed by atoms with E-state index in [2.05, 4.69) is 26.6 Å². The van der Waals surface area contributed by atoms with Crippen LogP contribution < -0.4 is 10.6 Å². The van der Waals surface area contributed by atoms with Crippen LogP contribution in [0.2, 0.25) is 0 Å². The molecule has 2 amide bonds. The molecule has 5 nitrogen and oxygen atoms in total. The number of carbonyl (C=O) groups excluding carboxylic acids is 1. The number of carbonyl (C=O) groups is 2. The summed E-state index contributed by atoms with van der Waals surface area (Å²) < 4.78 is 0.996. The van der Waals surface area contributed by atoms with Gasteiger partial charge >= 0.3 is 12.0 Å². The van der Waals surface area contributed by atoms with Gasteiger partial charge in [-0.1, -0.05) is 35.0 Å². The zero-order valence-electron chi connectivity index (χ0n) is 11.4. The van der Waals surface area contributed by atoms with Gasteiger partial charge in [-0.05, 0) is 35.0 Å². The smallest absolute Gasteiger partial charge is 0.319 e. The average molecular weight is 351 g/mol. The highest BCUT2D eigenvalue weighted by Gasteiger charge is 2.12. The molecule has 0 saturated carbocycles. The molecule has 0 saturated heterocycles. The molecule has 21 heavy (non-hydrogen) atoms. The second-order valence-electron chi connectivity index (χ2n) is 4.78. The van der Waals surface area contributed by atoms with Gasteiger partial charge in [0.25, 0.3) is 0 Å². The zero-order valence-corrected chi connectivity index (χ0v) is 13.0. The van der Waals surface area contributed by atoms with Crippen molar-refractivity contribution in [3.8, 4) is 0 Å². The van der Waals surface area contributed by atoms with E-state index in [0.29, 0.717) is 5.69 Å². The first-order chi connectivity index (χ1) is 9.95. The van der Waals surface area contributed by atoms with Crippen LogP contribution in [0.25, 0.3) is 10.8 Å². The van der Waals surface area contributed by atoms with E-state index in [1.165, 1.54) is 6.92 Å². The molecule has 0 aromatic heterocycles. The molecule has 0 aliphatic heterocycles. The number of nitrogens with one attached hydrogen (secondary N) is 2. The molecular formula is C15H15BrN2O3. The highest BCUT2D eigenvalue weighted by molar-refractivity contribution is 9.10. The molecule has 3 N–H and O–H groups in total. The number of hydrogen-bond acceptors (Lipinski definition) is 2. The highest BCUT2D eigenvalue weighted by atomic mass is 79.9. The van der Waals surface area contributed by atoms with Gasteiger partial charge in [0.1, 0.15) is 0 Å². The number of fused-ring (bicyclic) bond motifs is 1. The van der Waals surface area contributed by atoms with Gasteiger partial charge in [0, 0.05) is 16.7 Å². The van der Waals surface area contributed by atoms with Crippen molar-refractivity contribution < 1.29 is 14.7 Å². The first-order valence-electron chi connectivity index (χ1n) is 6.42. The second kappa shape index (κ2) is 6.58. The van der Waals surface area contributed by atoms with E-state index < -0.39 is 17.9 Å². The molecule has 1 unspecified atom stereocenters. The molecule has 0 spiro atoms. The van der Waals surface area contributed by atoms with Crippen molar-refractivity contribution in [2.45, 2.75) is 6.92 Å². The lowest BCUT2D eigenvalue weighted by atomic mass is 10.1. The Morgan fingerprint density at radius 2 is 1.86 bits per heavy atom. The van der Waals surface area contributed by atoms with E-state index in [4.69, 9.17) is 5.11 Å². The lowest BCUT2D eigenvalue weighted by molar-refractivity contribution is -0.140. The van der Waals surface area contributed by atoms with E-state index in [0.717, 1.165) is 15.2 Å². The Balaban J connectivity index is 2.01. The fourth-order valence-corrected chi connectivity index (χ4v) is 2.18. The summed E-state index contributed by atoms with van der Waals surface area (Å²) >= 11 is 3.41.